The van der Waals surface area contributed by atoms with Crippen LogP contribution in [0.3, 0.4) is 0 Å². The Morgan fingerprint density at radius 3 is 2.11 bits per heavy atom. The van der Waals surface area contributed by atoms with Crippen LogP contribution in [-0.4, -0.2) is 0 Å². The number of rotatable bonds is 9. The smallest absolute Gasteiger partial charge is 0.0295 e. The van der Waals surface area contributed by atoms with Crippen LogP contribution in [0.25, 0.3) is 0 Å². The van der Waals surface area contributed by atoms with E-state index in [1.54, 1.807) is 0 Å². The number of unbranched alkanes of at least 4 members (excludes halogenated alkanes) is 1. The highest BCUT2D eigenvalue weighted by atomic mass is 14.5. The van der Waals surface area contributed by atoms with Crippen LogP contribution in [0.4, 0.5) is 0 Å². The average molecular weight is 267 g/mol. The van der Waals surface area contributed by atoms with Crippen LogP contribution < -0.4 is 0 Å². The molecule has 0 heteroatoms. The molecule has 1 fully saturated rings. The molecular weight excluding hydrogens is 228 g/mol. The van der Waals surface area contributed by atoms with Gasteiger partial charge < -0.3 is 0 Å². The number of hydrogen-bond acceptors (Lipinski definition) is 0. The van der Waals surface area contributed by atoms with E-state index in [1.165, 1.54) is 63.4 Å². The summed E-state index contributed by atoms with van der Waals surface area (Å²) in [5, 5.41) is 0. The predicted octanol–water partition coefficient (Wildman–Crippen LogP) is 7.15. The Morgan fingerprint density at radius 2 is 1.68 bits per heavy atom. The Labute approximate surface area is 123 Å². The molecule has 0 heterocycles. The summed E-state index contributed by atoms with van der Waals surface area (Å²) in [6, 6.07) is 0. The van der Waals surface area contributed by atoms with Crippen LogP contribution in [0.2, 0.25) is 0 Å². The van der Waals surface area contributed by atoms with E-state index in [2.05, 4.69) is 41.2 Å². The summed E-state index contributed by atoms with van der Waals surface area (Å²) in [7, 11) is 0. The van der Waals surface area contributed by atoms with E-state index in [-0.39, 0.29) is 0 Å². The number of hydrogen-bond donors (Lipinski definition) is 0. The van der Waals surface area contributed by atoms with E-state index in [1.807, 2.05) is 0 Å². The zero-order chi connectivity index (χ0) is 14.7. The third-order valence-electron chi connectivity index (χ3n) is 4.42. The van der Waals surface area contributed by atoms with Crippen molar-refractivity contribution in [1.29, 1.82) is 0 Å². The Bertz CT molecular complexity index is 222. The molecule has 0 aromatic carbocycles. The van der Waals surface area contributed by atoms with Gasteiger partial charge in [0.05, 0.1) is 0 Å². The SMILES string of the molecule is C=C(CC)CCCCC1(CC(C)CC)CC1.CCC. The van der Waals surface area contributed by atoms with E-state index in [0.717, 1.165) is 17.8 Å². The minimum Gasteiger partial charge on any atom is -0.0999 e. The molecule has 0 aromatic rings. The van der Waals surface area contributed by atoms with Gasteiger partial charge in [0.15, 0.2) is 0 Å². The fourth-order valence-corrected chi connectivity index (χ4v) is 2.67. The van der Waals surface area contributed by atoms with Crippen molar-refractivity contribution in [3.63, 3.8) is 0 Å². The Kier molecular flexibility index (Phi) is 10.4. The van der Waals surface area contributed by atoms with Gasteiger partial charge >= 0.3 is 0 Å². The summed E-state index contributed by atoms with van der Waals surface area (Å²) < 4.78 is 0. The van der Waals surface area contributed by atoms with E-state index < -0.39 is 0 Å². The molecule has 1 rings (SSSR count). The Hall–Kier alpha value is -0.260. The first-order chi connectivity index (χ1) is 9.03. The molecule has 114 valence electrons. The normalized spacial score (nSPS) is 17.3. The lowest BCUT2D eigenvalue weighted by atomic mass is 9.87. The zero-order valence-electron chi connectivity index (χ0n) is 14.4. The van der Waals surface area contributed by atoms with Crippen molar-refractivity contribution >= 4 is 0 Å². The molecule has 1 unspecified atom stereocenters. The van der Waals surface area contributed by atoms with E-state index >= 15 is 0 Å². The van der Waals surface area contributed by atoms with Gasteiger partial charge in [-0.25, -0.2) is 0 Å². The molecule has 0 aromatic heterocycles. The predicted molar refractivity (Wildman–Crippen MR) is 89.6 cm³/mol. The summed E-state index contributed by atoms with van der Waals surface area (Å²) in [6.45, 7) is 15.3. The fraction of sp³-hybridized carbons (Fsp3) is 0.895. The minimum atomic E-state index is 0.781. The second-order valence-electron chi connectivity index (χ2n) is 6.74. The highest BCUT2D eigenvalue weighted by molar-refractivity contribution is 4.95. The van der Waals surface area contributed by atoms with Crippen LogP contribution in [0.1, 0.15) is 98.8 Å². The Balaban J connectivity index is 0.000000982. The second-order valence-corrected chi connectivity index (χ2v) is 6.74. The van der Waals surface area contributed by atoms with Crippen molar-refractivity contribution < 1.29 is 0 Å². The van der Waals surface area contributed by atoms with Gasteiger partial charge in [0.1, 0.15) is 0 Å². The van der Waals surface area contributed by atoms with Gasteiger partial charge in [-0.15, -0.1) is 0 Å². The van der Waals surface area contributed by atoms with Gasteiger partial charge in [0.2, 0.25) is 0 Å². The summed E-state index contributed by atoms with van der Waals surface area (Å²) >= 11 is 0. The highest BCUT2D eigenvalue weighted by Gasteiger charge is 2.41. The van der Waals surface area contributed by atoms with Crippen LogP contribution in [-0.2, 0) is 0 Å². The minimum absolute atomic E-state index is 0.781. The molecule has 19 heavy (non-hydrogen) atoms. The maximum atomic E-state index is 4.08. The zero-order valence-corrected chi connectivity index (χ0v) is 14.4. The van der Waals surface area contributed by atoms with Crippen molar-refractivity contribution in [2.45, 2.75) is 98.8 Å². The lowest BCUT2D eigenvalue weighted by molar-refractivity contribution is 0.332. The van der Waals surface area contributed by atoms with Crippen LogP contribution >= 0.6 is 0 Å². The first-order valence-electron chi connectivity index (χ1n) is 8.70. The quantitative estimate of drug-likeness (QED) is 0.307. The van der Waals surface area contributed by atoms with Gasteiger partial charge in [0.25, 0.3) is 0 Å². The van der Waals surface area contributed by atoms with Gasteiger partial charge in [-0.05, 0) is 56.3 Å². The molecule has 1 atom stereocenters. The molecular formula is C19H38. The number of allylic oxidation sites excluding steroid dienone is 1. The molecule has 0 radical (unpaired) electrons. The first-order valence-corrected chi connectivity index (χ1v) is 8.70. The van der Waals surface area contributed by atoms with Gasteiger partial charge in [0, 0.05) is 0 Å². The highest BCUT2D eigenvalue weighted by Crippen LogP contribution is 2.54. The van der Waals surface area contributed by atoms with E-state index in [9.17, 15) is 0 Å². The lowest BCUT2D eigenvalue weighted by Gasteiger charge is -2.19. The summed E-state index contributed by atoms with van der Waals surface area (Å²) in [6.07, 6.45) is 13.8. The largest absolute Gasteiger partial charge is 0.0999 e. The van der Waals surface area contributed by atoms with Crippen molar-refractivity contribution in [2.24, 2.45) is 11.3 Å². The summed E-state index contributed by atoms with van der Waals surface area (Å²) in [5.74, 6) is 0.938. The molecule has 0 amide bonds. The van der Waals surface area contributed by atoms with Crippen LogP contribution in [0, 0.1) is 11.3 Å². The Morgan fingerprint density at radius 1 is 1.11 bits per heavy atom. The van der Waals surface area contributed by atoms with Crippen molar-refractivity contribution in [3.8, 4) is 0 Å². The van der Waals surface area contributed by atoms with Crippen LogP contribution in [0.15, 0.2) is 12.2 Å². The molecule has 0 nitrogen and oxygen atoms in total. The summed E-state index contributed by atoms with van der Waals surface area (Å²) in [5.41, 5.74) is 2.22. The van der Waals surface area contributed by atoms with Gasteiger partial charge in [-0.1, -0.05) is 66.0 Å². The first kappa shape index (κ1) is 18.7. The second kappa shape index (κ2) is 10.5. The van der Waals surface area contributed by atoms with Crippen LogP contribution in [0.5, 0.6) is 0 Å². The van der Waals surface area contributed by atoms with Crippen molar-refractivity contribution in [3.05, 3.63) is 12.2 Å². The van der Waals surface area contributed by atoms with Crippen molar-refractivity contribution in [1.82, 2.24) is 0 Å². The van der Waals surface area contributed by atoms with Crippen molar-refractivity contribution in [2.75, 3.05) is 0 Å². The molecule has 0 aliphatic heterocycles. The monoisotopic (exact) mass is 266 g/mol. The molecule has 1 saturated carbocycles. The molecule has 0 bridgehead atoms. The van der Waals surface area contributed by atoms with E-state index in [0.29, 0.717) is 0 Å². The maximum Gasteiger partial charge on any atom is -0.0295 e. The molecule has 1 aliphatic carbocycles. The topological polar surface area (TPSA) is 0 Å². The third-order valence-corrected chi connectivity index (χ3v) is 4.42. The lowest BCUT2D eigenvalue weighted by Crippen LogP contribution is -2.06. The summed E-state index contributed by atoms with van der Waals surface area (Å²) in [4.78, 5) is 0. The van der Waals surface area contributed by atoms with Gasteiger partial charge in [-0.3, -0.25) is 0 Å². The molecule has 0 spiro atoms. The average Bonchev–Trinajstić information content (AvgIpc) is 3.15. The fourth-order valence-electron chi connectivity index (χ4n) is 2.67. The molecule has 0 saturated heterocycles. The van der Waals surface area contributed by atoms with Gasteiger partial charge in [-0.2, -0.15) is 0 Å². The molecule has 1 aliphatic rings. The standard InChI is InChI=1S/C16H30.C3H8/c1-5-14(3)9-7-8-10-16(11-12-16)13-15(4)6-2;1-3-2/h15H,3,5-13H2,1-2,4H3;3H2,1-2H3. The third kappa shape index (κ3) is 9.30. The maximum absolute atomic E-state index is 4.08. The molecule has 0 N–H and O–H groups in total. The van der Waals surface area contributed by atoms with E-state index in [4.69, 9.17) is 0 Å².